The lowest BCUT2D eigenvalue weighted by atomic mass is 10.1. The van der Waals surface area contributed by atoms with E-state index in [4.69, 9.17) is 5.73 Å². The number of nitrogens with zero attached hydrogens (tertiary/aromatic N) is 2. The molecular weight excluding hydrogens is 210 g/mol. The molecule has 6 nitrogen and oxygen atoms in total. The van der Waals surface area contributed by atoms with Gasteiger partial charge in [0.05, 0.1) is 10.5 Å². The molecule has 0 aliphatic carbocycles. The third-order valence-electron chi connectivity index (χ3n) is 2.33. The highest BCUT2D eigenvalue weighted by molar-refractivity contribution is 6.00. The van der Waals surface area contributed by atoms with Gasteiger partial charge in [-0.2, -0.15) is 0 Å². The second-order valence-corrected chi connectivity index (χ2v) is 3.31. The molecule has 16 heavy (non-hydrogen) atoms. The molecule has 0 aliphatic rings. The van der Waals surface area contributed by atoms with Crippen LogP contribution in [0.4, 0.5) is 11.4 Å². The van der Waals surface area contributed by atoms with Crippen LogP contribution in [0.15, 0.2) is 18.2 Å². The number of anilines is 1. The van der Waals surface area contributed by atoms with Crippen LogP contribution >= 0.6 is 0 Å². The van der Waals surface area contributed by atoms with Crippen LogP contribution in [0, 0.1) is 10.1 Å². The maximum Gasteiger partial charge on any atom is 0.292 e. The molecule has 0 radical (unpaired) electrons. The summed E-state index contributed by atoms with van der Waals surface area (Å²) < 4.78 is 0. The molecule has 0 fully saturated rings. The molecule has 0 bridgehead atoms. The molecule has 0 heterocycles. The van der Waals surface area contributed by atoms with Crippen LogP contribution in [0.1, 0.15) is 17.3 Å². The van der Waals surface area contributed by atoms with Gasteiger partial charge in [-0.1, -0.05) is 6.07 Å². The van der Waals surface area contributed by atoms with E-state index in [9.17, 15) is 14.9 Å². The summed E-state index contributed by atoms with van der Waals surface area (Å²) in [6.45, 7) is 2.33. The molecule has 0 saturated heterocycles. The Morgan fingerprint density at radius 2 is 2.19 bits per heavy atom. The molecule has 0 saturated carbocycles. The third kappa shape index (κ3) is 2.10. The molecule has 1 amide bonds. The van der Waals surface area contributed by atoms with Crippen LogP contribution in [0.2, 0.25) is 0 Å². The van der Waals surface area contributed by atoms with Crippen molar-refractivity contribution in [2.45, 2.75) is 6.92 Å². The predicted molar refractivity (Wildman–Crippen MR) is 60.1 cm³/mol. The Morgan fingerprint density at radius 1 is 1.56 bits per heavy atom. The SMILES string of the molecule is CCN(C)C(=O)c1cccc([N+](=O)[O-])c1N. The van der Waals surface area contributed by atoms with E-state index in [0.717, 1.165) is 0 Å². The largest absolute Gasteiger partial charge is 0.393 e. The Balaban J connectivity index is 3.20. The zero-order chi connectivity index (χ0) is 12.3. The number of nitrogen functional groups attached to an aromatic ring is 1. The van der Waals surface area contributed by atoms with Crippen LogP contribution in [0.3, 0.4) is 0 Å². The van der Waals surface area contributed by atoms with Crippen molar-refractivity contribution in [3.63, 3.8) is 0 Å². The highest BCUT2D eigenvalue weighted by Crippen LogP contribution is 2.25. The molecule has 6 heteroatoms. The number of amides is 1. The lowest BCUT2D eigenvalue weighted by Gasteiger charge is -2.15. The molecule has 2 N–H and O–H groups in total. The molecule has 0 spiro atoms. The second-order valence-electron chi connectivity index (χ2n) is 3.31. The predicted octanol–water partition coefficient (Wildman–Crippen LogP) is 1.27. The van der Waals surface area contributed by atoms with Gasteiger partial charge in [0.15, 0.2) is 0 Å². The summed E-state index contributed by atoms with van der Waals surface area (Å²) in [6.07, 6.45) is 0. The average Bonchev–Trinajstić information content (AvgIpc) is 2.27. The van der Waals surface area contributed by atoms with Crippen molar-refractivity contribution in [2.75, 3.05) is 19.3 Å². The zero-order valence-corrected chi connectivity index (χ0v) is 9.14. The first-order valence-corrected chi connectivity index (χ1v) is 4.77. The van der Waals surface area contributed by atoms with E-state index >= 15 is 0 Å². The van der Waals surface area contributed by atoms with Crippen LogP contribution in [0.5, 0.6) is 0 Å². The Kier molecular flexibility index (Phi) is 3.44. The molecular formula is C10H13N3O3. The summed E-state index contributed by atoms with van der Waals surface area (Å²) in [4.78, 5) is 23.3. The van der Waals surface area contributed by atoms with Crippen molar-refractivity contribution >= 4 is 17.3 Å². The van der Waals surface area contributed by atoms with Gasteiger partial charge < -0.3 is 10.6 Å². The van der Waals surface area contributed by atoms with E-state index in [1.807, 2.05) is 6.92 Å². The van der Waals surface area contributed by atoms with Gasteiger partial charge in [-0.05, 0) is 13.0 Å². The van der Waals surface area contributed by atoms with Crippen molar-refractivity contribution in [2.24, 2.45) is 0 Å². The van der Waals surface area contributed by atoms with Gasteiger partial charge >= 0.3 is 0 Å². The average molecular weight is 223 g/mol. The van der Waals surface area contributed by atoms with E-state index in [1.54, 1.807) is 7.05 Å². The van der Waals surface area contributed by atoms with E-state index in [1.165, 1.54) is 23.1 Å². The van der Waals surface area contributed by atoms with Crippen molar-refractivity contribution < 1.29 is 9.72 Å². The van der Waals surface area contributed by atoms with Gasteiger partial charge in [0, 0.05) is 19.7 Å². The normalized spacial score (nSPS) is 9.88. The monoisotopic (exact) mass is 223 g/mol. The first kappa shape index (κ1) is 12.0. The van der Waals surface area contributed by atoms with Gasteiger partial charge in [-0.3, -0.25) is 14.9 Å². The van der Waals surface area contributed by atoms with Crippen molar-refractivity contribution in [1.82, 2.24) is 4.90 Å². The highest BCUT2D eigenvalue weighted by atomic mass is 16.6. The topological polar surface area (TPSA) is 89.5 Å². The Hall–Kier alpha value is -2.11. The van der Waals surface area contributed by atoms with Crippen LogP contribution in [-0.2, 0) is 0 Å². The standard InChI is InChI=1S/C10H13N3O3/c1-3-12(2)10(14)7-5-4-6-8(9(7)11)13(15)16/h4-6H,3,11H2,1-2H3. The van der Waals surface area contributed by atoms with Crippen LogP contribution in [-0.4, -0.2) is 29.3 Å². The number of carbonyl (C=O) groups is 1. The second kappa shape index (κ2) is 4.61. The van der Waals surface area contributed by atoms with Gasteiger partial charge in [0.25, 0.3) is 11.6 Å². The smallest absolute Gasteiger partial charge is 0.292 e. The number of nitro groups is 1. The summed E-state index contributed by atoms with van der Waals surface area (Å²) >= 11 is 0. The minimum atomic E-state index is -0.599. The Labute approximate surface area is 92.8 Å². The number of para-hydroxylation sites is 1. The van der Waals surface area contributed by atoms with E-state index in [2.05, 4.69) is 0 Å². The number of benzene rings is 1. The number of hydrogen-bond donors (Lipinski definition) is 1. The summed E-state index contributed by atoms with van der Waals surface area (Å²) in [5, 5.41) is 10.6. The van der Waals surface area contributed by atoms with E-state index < -0.39 is 4.92 Å². The first-order chi connectivity index (χ1) is 7.49. The lowest BCUT2D eigenvalue weighted by molar-refractivity contribution is -0.383. The van der Waals surface area contributed by atoms with Gasteiger partial charge in [0.1, 0.15) is 5.69 Å². The molecule has 0 aromatic heterocycles. The first-order valence-electron chi connectivity index (χ1n) is 4.77. The van der Waals surface area contributed by atoms with Crippen molar-refractivity contribution in [3.05, 3.63) is 33.9 Å². The Morgan fingerprint density at radius 3 is 2.69 bits per heavy atom. The number of nitro benzene ring substituents is 1. The maximum absolute atomic E-state index is 11.8. The molecule has 0 unspecified atom stereocenters. The highest BCUT2D eigenvalue weighted by Gasteiger charge is 2.20. The molecule has 1 rings (SSSR count). The van der Waals surface area contributed by atoms with Gasteiger partial charge in [-0.15, -0.1) is 0 Å². The molecule has 86 valence electrons. The van der Waals surface area contributed by atoms with Crippen LogP contribution < -0.4 is 5.73 Å². The fourth-order valence-corrected chi connectivity index (χ4v) is 1.25. The molecule has 0 aliphatic heterocycles. The van der Waals surface area contributed by atoms with E-state index in [0.29, 0.717) is 6.54 Å². The Bertz CT molecular complexity index is 431. The fraction of sp³-hybridized carbons (Fsp3) is 0.300. The summed E-state index contributed by atoms with van der Waals surface area (Å²) in [5.74, 6) is -0.316. The maximum atomic E-state index is 11.8. The quantitative estimate of drug-likeness (QED) is 0.474. The summed E-state index contributed by atoms with van der Waals surface area (Å²) in [5.41, 5.74) is 5.43. The number of carbonyl (C=O) groups excluding carboxylic acids is 1. The number of nitrogens with two attached hydrogens (primary N) is 1. The fourth-order valence-electron chi connectivity index (χ4n) is 1.25. The summed E-state index contributed by atoms with van der Waals surface area (Å²) in [7, 11) is 1.61. The third-order valence-corrected chi connectivity index (χ3v) is 2.33. The van der Waals surface area contributed by atoms with Crippen LogP contribution in [0.25, 0.3) is 0 Å². The van der Waals surface area contributed by atoms with Gasteiger partial charge in [-0.25, -0.2) is 0 Å². The minimum Gasteiger partial charge on any atom is -0.393 e. The molecule has 1 aromatic carbocycles. The van der Waals surface area contributed by atoms with Gasteiger partial charge in [0.2, 0.25) is 0 Å². The molecule has 0 atom stereocenters. The summed E-state index contributed by atoms with van der Waals surface area (Å²) in [6, 6.07) is 4.21. The van der Waals surface area contributed by atoms with Crippen molar-refractivity contribution in [1.29, 1.82) is 0 Å². The van der Waals surface area contributed by atoms with E-state index in [-0.39, 0.29) is 22.8 Å². The van der Waals surface area contributed by atoms with Crippen molar-refractivity contribution in [3.8, 4) is 0 Å². The molecule has 1 aromatic rings. The number of hydrogen-bond acceptors (Lipinski definition) is 4. The zero-order valence-electron chi connectivity index (χ0n) is 9.14. The minimum absolute atomic E-state index is 0.0854. The number of rotatable bonds is 3. The lowest BCUT2D eigenvalue weighted by Crippen LogP contribution is -2.27.